The lowest BCUT2D eigenvalue weighted by atomic mass is 10.1. The summed E-state index contributed by atoms with van der Waals surface area (Å²) < 4.78 is 0. The molecule has 0 bridgehead atoms. The summed E-state index contributed by atoms with van der Waals surface area (Å²) in [6.07, 6.45) is 0. The monoisotopic (exact) mass is 349 g/mol. The van der Waals surface area contributed by atoms with Crippen LogP contribution in [0.1, 0.15) is 16.8 Å². The highest BCUT2D eigenvalue weighted by Crippen LogP contribution is 2.29. The number of hydrogen-bond donors (Lipinski definition) is 0. The number of hydrogen-bond acceptors (Lipinski definition) is 4. The van der Waals surface area contributed by atoms with Gasteiger partial charge in [-0.1, -0.05) is 23.7 Å². The average molecular weight is 350 g/mol. The molecule has 0 atom stereocenters. The van der Waals surface area contributed by atoms with E-state index in [1.54, 1.807) is 18.3 Å². The zero-order valence-electron chi connectivity index (χ0n) is 13.4. The number of nitrogens with zero attached hydrogens (tertiary/aromatic N) is 3. The van der Waals surface area contributed by atoms with Gasteiger partial charge in [0.25, 0.3) is 0 Å². The average Bonchev–Trinajstić information content (AvgIpc) is 2.89. The second-order valence-electron chi connectivity index (χ2n) is 5.80. The van der Waals surface area contributed by atoms with Crippen molar-refractivity contribution in [2.75, 3.05) is 26.2 Å². The molecule has 2 heterocycles. The van der Waals surface area contributed by atoms with Gasteiger partial charge in [0.15, 0.2) is 0 Å². The highest BCUT2D eigenvalue weighted by molar-refractivity contribution is 7.12. The fraction of sp³-hybridized carbons (Fsp3) is 0.412. The molecule has 4 nitrogen and oxygen atoms in total. The molecule has 3 rings (SSSR count). The summed E-state index contributed by atoms with van der Waals surface area (Å²) in [5.41, 5.74) is 2.15. The van der Waals surface area contributed by atoms with Crippen LogP contribution in [-0.2, 0) is 11.3 Å². The number of carbonyl (C=O) groups is 1. The van der Waals surface area contributed by atoms with E-state index in [4.69, 9.17) is 16.6 Å². The summed E-state index contributed by atoms with van der Waals surface area (Å²) >= 11 is 7.70. The number of aryl methyl sites for hydroxylation is 1. The van der Waals surface area contributed by atoms with Crippen LogP contribution >= 0.6 is 22.9 Å². The van der Waals surface area contributed by atoms with Crippen molar-refractivity contribution in [1.29, 1.82) is 0 Å². The Balaban J connectivity index is 1.67. The number of halogens is 1. The number of amides is 1. The van der Waals surface area contributed by atoms with Gasteiger partial charge < -0.3 is 4.90 Å². The molecule has 122 valence electrons. The van der Waals surface area contributed by atoms with Crippen LogP contribution in [0, 0.1) is 6.92 Å². The lowest BCUT2D eigenvalue weighted by Gasteiger charge is -2.33. The minimum absolute atomic E-state index is 0.166. The number of thiazole rings is 1. The maximum atomic E-state index is 11.4. The molecule has 0 unspecified atom stereocenters. The van der Waals surface area contributed by atoms with Crippen LogP contribution in [0.4, 0.5) is 0 Å². The van der Waals surface area contributed by atoms with Gasteiger partial charge in [0, 0.05) is 48.6 Å². The maximum Gasteiger partial charge on any atom is 0.219 e. The first-order valence-corrected chi connectivity index (χ1v) is 8.92. The molecule has 23 heavy (non-hydrogen) atoms. The van der Waals surface area contributed by atoms with Crippen molar-refractivity contribution in [2.24, 2.45) is 0 Å². The van der Waals surface area contributed by atoms with Crippen molar-refractivity contribution in [1.82, 2.24) is 14.8 Å². The minimum atomic E-state index is 0.166. The molecule has 0 radical (unpaired) electrons. The van der Waals surface area contributed by atoms with Crippen LogP contribution < -0.4 is 0 Å². The normalized spacial score (nSPS) is 15.9. The van der Waals surface area contributed by atoms with Crippen LogP contribution in [-0.4, -0.2) is 46.9 Å². The number of benzene rings is 1. The molecule has 1 aromatic carbocycles. The predicted octanol–water partition coefficient (Wildman–Crippen LogP) is 3.44. The Hall–Kier alpha value is -1.43. The quantitative estimate of drug-likeness (QED) is 0.851. The van der Waals surface area contributed by atoms with Gasteiger partial charge in [0.2, 0.25) is 5.91 Å². The van der Waals surface area contributed by atoms with E-state index >= 15 is 0 Å². The van der Waals surface area contributed by atoms with Crippen LogP contribution in [0.25, 0.3) is 11.3 Å². The maximum absolute atomic E-state index is 11.4. The third-order valence-electron chi connectivity index (χ3n) is 4.14. The smallest absolute Gasteiger partial charge is 0.219 e. The molecule has 1 aromatic heterocycles. The zero-order valence-corrected chi connectivity index (χ0v) is 15.0. The number of aromatic nitrogens is 1. The third kappa shape index (κ3) is 3.91. The van der Waals surface area contributed by atoms with Gasteiger partial charge in [0.1, 0.15) is 5.01 Å². The van der Waals surface area contributed by atoms with Gasteiger partial charge in [-0.15, -0.1) is 11.3 Å². The van der Waals surface area contributed by atoms with Gasteiger partial charge in [-0.05, 0) is 19.1 Å². The van der Waals surface area contributed by atoms with Gasteiger partial charge in [-0.25, -0.2) is 4.98 Å². The van der Waals surface area contributed by atoms with Crippen molar-refractivity contribution in [3.63, 3.8) is 0 Å². The molecule has 0 spiro atoms. The Bertz CT molecular complexity index is 690. The van der Waals surface area contributed by atoms with Crippen LogP contribution in [0.2, 0.25) is 5.02 Å². The van der Waals surface area contributed by atoms with Gasteiger partial charge in [-0.2, -0.15) is 0 Å². The first kappa shape index (κ1) is 16.4. The zero-order chi connectivity index (χ0) is 16.4. The molecule has 0 saturated carbocycles. The van der Waals surface area contributed by atoms with Crippen molar-refractivity contribution >= 4 is 28.8 Å². The second-order valence-corrected chi connectivity index (χ2v) is 7.53. The highest BCUT2D eigenvalue weighted by Gasteiger charge is 2.20. The van der Waals surface area contributed by atoms with Crippen molar-refractivity contribution < 1.29 is 4.79 Å². The molecule has 2 aromatic rings. The summed E-state index contributed by atoms with van der Waals surface area (Å²) in [5.74, 6) is 0.166. The van der Waals surface area contributed by atoms with Crippen molar-refractivity contribution in [3.8, 4) is 11.3 Å². The molecule has 1 amide bonds. The summed E-state index contributed by atoms with van der Waals surface area (Å²) in [6.45, 7) is 8.04. The van der Waals surface area contributed by atoms with Gasteiger partial charge >= 0.3 is 0 Å². The standard InChI is InChI=1S/C17H20ClN3OS/c1-12-17(14-3-5-15(18)6-4-14)19-16(23-12)11-20-7-9-21(10-8-20)13(2)22/h3-6H,7-11H2,1-2H3. The molecule has 6 heteroatoms. The predicted molar refractivity (Wildman–Crippen MR) is 94.8 cm³/mol. The molecule has 0 N–H and O–H groups in total. The number of carbonyl (C=O) groups excluding carboxylic acids is 1. The van der Waals surface area contributed by atoms with Crippen molar-refractivity contribution in [2.45, 2.75) is 20.4 Å². The molecular formula is C17H20ClN3OS. The topological polar surface area (TPSA) is 36.4 Å². The Morgan fingerprint density at radius 2 is 1.87 bits per heavy atom. The Morgan fingerprint density at radius 1 is 1.22 bits per heavy atom. The third-order valence-corrected chi connectivity index (χ3v) is 5.34. The summed E-state index contributed by atoms with van der Waals surface area (Å²) in [4.78, 5) is 21.7. The van der Waals surface area contributed by atoms with Gasteiger partial charge in [-0.3, -0.25) is 9.69 Å². The summed E-state index contributed by atoms with van der Waals surface area (Å²) in [7, 11) is 0. The molecule has 1 aliphatic heterocycles. The van der Waals surface area contributed by atoms with Crippen LogP contribution in [0.15, 0.2) is 24.3 Å². The molecule has 1 saturated heterocycles. The molecule has 1 fully saturated rings. The van der Waals surface area contributed by atoms with E-state index in [2.05, 4.69) is 11.8 Å². The Morgan fingerprint density at radius 3 is 2.48 bits per heavy atom. The highest BCUT2D eigenvalue weighted by atomic mass is 35.5. The summed E-state index contributed by atoms with van der Waals surface area (Å²) in [5, 5.41) is 1.87. The number of piperazine rings is 1. The lowest BCUT2D eigenvalue weighted by molar-refractivity contribution is -0.130. The SMILES string of the molecule is CC(=O)N1CCN(Cc2nc(-c3ccc(Cl)cc3)c(C)s2)CC1. The van der Waals surface area contributed by atoms with E-state index in [9.17, 15) is 4.79 Å². The Kier molecular flexibility index (Phi) is 4.99. The molecular weight excluding hydrogens is 330 g/mol. The van der Waals surface area contributed by atoms with E-state index in [0.717, 1.165) is 54.0 Å². The second kappa shape index (κ2) is 6.99. The van der Waals surface area contributed by atoms with E-state index in [1.807, 2.05) is 29.2 Å². The largest absolute Gasteiger partial charge is 0.340 e. The van der Waals surface area contributed by atoms with E-state index in [-0.39, 0.29) is 5.91 Å². The fourth-order valence-corrected chi connectivity index (χ4v) is 3.93. The molecule has 1 aliphatic rings. The lowest BCUT2D eigenvalue weighted by Crippen LogP contribution is -2.47. The van der Waals surface area contributed by atoms with Crippen LogP contribution in [0.3, 0.4) is 0 Å². The van der Waals surface area contributed by atoms with Crippen LogP contribution in [0.5, 0.6) is 0 Å². The molecule has 0 aliphatic carbocycles. The van der Waals surface area contributed by atoms with E-state index in [1.165, 1.54) is 4.88 Å². The van der Waals surface area contributed by atoms with Crippen molar-refractivity contribution in [3.05, 3.63) is 39.2 Å². The summed E-state index contributed by atoms with van der Waals surface area (Å²) in [6, 6.07) is 7.83. The Labute approximate surface area is 145 Å². The minimum Gasteiger partial charge on any atom is -0.340 e. The van der Waals surface area contributed by atoms with E-state index in [0.29, 0.717) is 0 Å². The first-order chi connectivity index (χ1) is 11.0. The number of rotatable bonds is 3. The fourth-order valence-electron chi connectivity index (χ4n) is 2.81. The van der Waals surface area contributed by atoms with Gasteiger partial charge in [0.05, 0.1) is 12.2 Å². The van der Waals surface area contributed by atoms with E-state index < -0.39 is 0 Å². The first-order valence-electron chi connectivity index (χ1n) is 7.73.